The molecule has 21 heavy (non-hydrogen) atoms. The Balaban J connectivity index is 1.87. The van der Waals surface area contributed by atoms with Gasteiger partial charge in [-0.3, -0.25) is 9.59 Å². The van der Waals surface area contributed by atoms with Crippen molar-refractivity contribution in [3.63, 3.8) is 0 Å². The Morgan fingerprint density at radius 3 is 3.05 bits per heavy atom. The summed E-state index contributed by atoms with van der Waals surface area (Å²) in [5, 5.41) is 6.06. The van der Waals surface area contributed by atoms with Crippen LogP contribution in [0.5, 0.6) is 0 Å². The van der Waals surface area contributed by atoms with Gasteiger partial charge < -0.3 is 10.2 Å². The van der Waals surface area contributed by atoms with Gasteiger partial charge in [0.25, 0.3) is 0 Å². The van der Waals surface area contributed by atoms with E-state index in [2.05, 4.69) is 15.7 Å². The summed E-state index contributed by atoms with van der Waals surface area (Å²) in [6.45, 7) is 5.77. The molecule has 6 heteroatoms. The number of likely N-dealkylation sites (tertiary alicyclic amines) is 1. The Bertz CT molecular complexity index is 501. The first-order valence-corrected chi connectivity index (χ1v) is 8.44. The number of nitrogens with one attached hydrogen (secondary N) is 1. The van der Waals surface area contributed by atoms with Crippen LogP contribution in [0.2, 0.25) is 0 Å². The molecule has 2 amide bonds. The second-order valence-electron chi connectivity index (χ2n) is 5.43. The first kappa shape index (κ1) is 15.9. The molecule has 1 aromatic rings. The zero-order chi connectivity index (χ0) is 15.2. The highest BCUT2D eigenvalue weighted by Gasteiger charge is 2.24. The predicted molar refractivity (Wildman–Crippen MR) is 83.3 cm³/mol. The largest absolute Gasteiger partial charge is 0.356 e. The molecule has 2 rings (SSSR count). The number of hydrogen-bond acceptors (Lipinski definition) is 4. The van der Waals surface area contributed by atoms with Crippen molar-refractivity contribution in [2.24, 2.45) is 0 Å². The van der Waals surface area contributed by atoms with Crippen molar-refractivity contribution in [2.75, 3.05) is 19.6 Å². The van der Waals surface area contributed by atoms with Crippen LogP contribution in [0.4, 0.5) is 0 Å². The summed E-state index contributed by atoms with van der Waals surface area (Å²) >= 11 is 1.67. The first-order chi connectivity index (χ1) is 10.1. The van der Waals surface area contributed by atoms with Gasteiger partial charge in [-0.2, -0.15) is 0 Å². The fourth-order valence-electron chi connectivity index (χ4n) is 2.54. The molecule has 0 aromatic carbocycles. The van der Waals surface area contributed by atoms with E-state index in [1.165, 1.54) is 0 Å². The summed E-state index contributed by atoms with van der Waals surface area (Å²) in [7, 11) is 0. The van der Waals surface area contributed by atoms with E-state index in [4.69, 9.17) is 0 Å². The predicted octanol–water partition coefficient (Wildman–Crippen LogP) is 1.94. The van der Waals surface area contributed by atoms with Crippen molar-refractivity contribution in [3.05, 3.63) is 16.1 Å². The van der Waals surface area contributed by atoms with E-state index >= 15 is 0 Å². The topological polar surface area (TPSA) is 62.3 Å². The molecular formula is C15H23N3O2S. The third-order valence-electron chi connectivity index (χ3n) is 3.81. The highest BCUT2D eigenvalue weighted by molar-refractivity contribution is 7.09. The summed E-state index contributed by atoms with van der Waals surface area (Å²) in [4.78, 5) is 29.3. The summed E-state index contributed by atoms with van der Waals surface area (Å²) < 4.78 is 0. The van der Waals surface area contributed by atoms with Crippen molar-refractivity contribution in [2.45, 2.75) is 45.4 Å². The van der Waals surface area contributed by atoms with E-state index in [0.29, 0.717) is 18.9 Å². The summed E-state index contributed by atoms with van der Waals surface area (Å²) in [5.74, 6) is 0.597. The van der Waals surface area contributed by atoms with Gasteiger partial charge in [0.2, 0.25) is 11.8 Å². The van der Waals surface area contributed by atoms with Crippen LogP contribution >= 0.6 is 11.3 Å². The standard InChI is InChI=1S/C15H23N3O2S/c1-3-14(20)16-7-6-13-10-21-15(17-13)12-5-4-8-18(9-12)11(2)19/h10,12H,3-9H2,1-2H3,(H,16,20)/t12-/m1/s1. The number of carbonyl (C=O) groups is 2. The normalized spacial score (nSPS) is 18.6. The van der Waals surface area contributed by atoms with Gasteiger partial charge in [-0.05, 0) is 12.8 Å². The van der Waals surface area contributed by atoms with Crippen LogP contribution in [0, 0.1) is 0 Å². The molecule has 0 spiro atoms. The summed E-state index contributed by atoms with van der Waals surface area (Å²) in [5.41, 5.74) is 1.03. The summed E-state index contributed by atoms with van der Waals surface area (Å²) in [6.07, 6.45) is 3.44. The molecule has 0 saturated carbocycles. The number of amides is 2. The molecule has 1 atom stereocenters. The van der Waals surface area contributed by atoms with Gasteiger partial charge in [0.1, 0.15) is 0 Å². The highest BCUT2D eigenvalue weighted by Crippen LogP contribution is 2.29. The average molecular weight is 309 g/mol. The van der Waals surface area contributed by atoms with Crippen molar-refractivity contribution in [1.82, 2.24) is 15.2 Å². The third kappa shape index (κ3) is 4.52. The van der Waals surface area contributed by atoms with Crippen molar-refractivity contribution in [3.8, 4) is 0 Å². The zero-order valence-electron chi connectivity index (χ0n) is 12.7. The monoisotopic (exact) mass is 309 g/mol. The minimum Gasteiger partial charge on any atom is -0.356 e. The summed E-state index contributed by atoms with van der Waals surface area (Å²) in [6, 6.07) is 0. The van der Waals surface area contributed by atoms with Crippen LogP contribution in [0.1, 0.15) is 49.7 Å². The van der Waals surface area contributed by atoms with Crippen LogP contribution < -0.4 is 5.32 Å². The quantitative estimate of drug-likeness (QED) is 0.904. The molecule has 5 nitrogen and oxygen atoms in total. The molecule has 1 fully saturated rings. The number of nitrogens with zero attached hydrogens (tertiary/aromatic N) is 2. The lowest BCUT2D eigenvalue weighted by molar-refractivity contribution is -0.130. The molecule has 1 saturated heterocycles. The number of hydrogen-bond donors (Lipinski definition) is 1. The molecule has 0 aliphatic carbocycles. The van der Waals surface area contributed by atoms with Crippen molar-refractivity contribution >= 4 is 23.2 Å². The molecule has 1 aromatic heterocycles. The number of rotatable bonds is 5. The molecule has 0 unspecified atom stereocenters. The molecule has 0 bridgehead atoms. The fraction of sp³-hybridized carbons (Fsp3) is 0.667. The van der Waals surface area contributed by atoms with Gasteiger partial charge in [-0.15, -0.1) is 11.3 Å². The molecule has 2 heterocycles. The van der Waals surface area contributed by atoms with Gasteiger partial charge in [0, 0.05) is 50.7 Å². The lowest BCUT2D eigenvalue weighted by Crippen LogP contribution is -2.37. The molecular weight excluding hydrogens is 286 g/mol. The van der Waals surface area contributed by atoms with E-state index in [1.54, 1.807) is 18.3 Å². The van der Waals surface area contributed by atoms with Crippen LogP contribution in [0.15, 0.2) is 5.38 Å². The third-order valence-corrected chi connectivity index (χ3v) is 4.87. The number of aromatic nitrogens is 1. The second-order valence-corrected chi connectivity index (χ2v) is 6.32. The van der Waals surface area contributed by atoms with Crippen LogP contribution in [0.3, 0.4) is 0 Å². The minimum absolute atomic E-state index is 0.0785. The van der Waals surface area contributed by atoms with Crippen LogP contribution in [-0.2, 0) is 16.0 Å². The number of carbonyl (C=O) groups excluding carboxylic acids is 2. The van der Waals surface area contributed by atoms with Gasteiger partial charge in [0.05, 0.1) is 10.7 Å². The van der Waals surface area contributed by atoms with Crippen LogP contribution in [-0.4, -0.2) is 41.3 Å². The molecule has 116 valence electrons. The number of piperidine rings is 1. The Kier molecular flexibility index (Phi) is 5.73. The molecule has 1 aliphatic heterocycles. The highest BCUT2D eigenvalue weighted by atomic mass is 32.1. The SMILES string of the molecule is CCC(=O)NCCc1csc([C@@H]2CCCN(C(C)=O)C2)n1. The van der Waals surface area contributed by atoms with Crippen LogP contribution in [0.25, 0.3) is 0 Å². The van der Waals surface area contributed by atoms with E-state index in [0.717, 1.165) is 43.1 Å². The zero-order valence-corrected chi connectivity index (χ0v) is 13.5. The van der Waals surface area contributed by atoms with Gasteiger partial charge >= 0.3 is 0 Å². The van der Waals surface area contributed by atoms with Gasteiger partial charge in [-0.25, -0.2) is 4.98 Å². The minimum atomic E-state index is 0.0785. The first-order valence-electron chi connectivity index (χ1n) is 7.56. The average Bonchev–Trinajstić information content (AvgIpc) is 2.96. The van der Waals surface area contributed by atoms with Crippen molar-refractivity contribution < 1.29 is 9.59 Å². The van der Waals surface area contributed by atoms with E-state index in [9.17, 15) is 9.59 Å². The van der Waals surface area contributed by atoms with E-state index in [-0.39, 0.29) is 11.8 Å². The smallest absolute Gasteiger partial charge is 0.219 e. The maximum Gasteiger partial charge on any atom is 0.219 e. The van der Waals surface area contributed by atoms with Gasteiger partial charge in [0.15, 0.2) is 0 Å². The van der Waals surface area contributed by atoms with Crippen molar-refractivity contribution in [1.29, 1.82) is 0 Å². The Hall–Kier alpha value is -1.43. The van der Waals surface area contributed by atoms with E-state index in [1.807, 2.05) is 11.8 Å². The lowest BCUT2D eigenvalue weighted by Gasteiger charge is -2.30. The maximum atomic E-state index is 11.5. The molecule has 1 aliphatic rings. The maximum absolute atomic E-state index is 11.5. The Morgan fingerprint density at radius 1 is 1.52 bits per heavy atom. The Morgan fingerprint density at radius 2 is 2.33 bits per heavy atom. The molecule has 1 N–H and O–H groups in total. The molecule has 0 radical (unpaired) electrons. The Labute approximate surface area is 129 Å². The second kappa shape index (κ2) is 7.54. The number of thiazole rings is 1. The fourth-order valence-corrected chi connectivity index (χ4v) is 3.53. The van der Waals surface area contributed by atoms with E-state index < -0.39 is 0 Å². The lowest BCUT2D eigenvalue weighted by atomic mass is 9.99. The van der Waals surface area contributed by atoms with Gasteiger partial charge in [-0.1, -0.05) is 6.92 Å².